The van der Waals surface area contributed by atoms with E-state index < -0.39 is 5.91 Å². The third-order valence-corrected chi connectivity index (χ3v) is 2.73. The fourth-order valence-corrected chi connectivity index (χ4v) is 1.81. The Balaban J connectivity index is 2.13. The molecule has 2 N–H and O–H groups in total. The molecule has 0 unspecified atom stereocenters. The zero-order valence-electron chi connectivity index (χ0n) is 9.74. The molecular formula is C12H11N5O. The van der Waals surface area contributed by atoms with Crippen molar-refractivity contribution < 1.29 is 4.79 Å². The predicted octanol–water partition coefficient (Wildman–Crippen LogP) is 0.858. The maximum absolute atomic E-state index is 11.1. The van der Waals surface area contributed by atoms with E-state index in [1.165, 1.54) is 0 Å². The van der Waals surface area contributed by atoms with Gasteiger partial charge in [-0.25, -0.2) is 4.68 Å². The number of aryl methyl sites for hydroxylation is 1. The van der Waals surface area contributed by atoms with E-state index in [-0.39, 0.29) is 0 Å². The third kappa shape index (κ3) is 1.64. The molecule has 3 rings (SSSR count). The summed E-state index contributed by atoms with van der Waals surface area (Å²) in [4.78, 5) is 11.1. The number of nitrogens with zero attached hydrogens (tertiary/aromatic N) is 4. The molecule has 0 fully saturated rings. The van der Waals surface area contributed by atoms with E-state index in [1.54, 1.807) is 21.5 Å². The number of hydrogen-bond donors (Lipinski definition) is 1. The maximum atomic E-state index is 11.1. The molecule has 1 amide bonds. The van der Waals surface area contributed by atoms with Crippen molar-refractivity contribution in [1.82, 2.24) is 19.6 Å². The molecular weight excluding hydrogens is 230 g/mol. The first-order chi connectivity index (χ1) is 8.63. The van der Waals surface area contributed by atoms with E-state index >= 15 is 0 Å². The zero-order valence-corrected chi connectivity index (χ0v) is 9.74. The third-order valence-electron chi connectivity index (χ3n) is 2.73. The van der Waals surface area contributed by atoms with Crippen molar-refractivity contribution in [3.63, 3.8) is 0 Å². The van der Waals surface area contributed by atoms with Gasteiger partial charge in [-0.15, -0.1) is 0 Å². The fraction of sp³-hybridized carbons (Fsp3) is 0.0833. The molecule has 0 radical (unpaired) electrons. The Labute approximate surface area is 103 Å². The molecule has 2 aromatic heterocycles. The largest absolute Gasteiger partial charge is 0.366 e. The Bertz CT molecular complexity index is 740. The van der Waals surface area contributed by atoms with Crippen molar-refractivity contribution in [1.29, 1.82) is 0 Å². The minimum atomic E-state index is -0.454. The van der Waals surface area contributed by atoms with Crippen molar-refractivity contribution in [2.24, 2.45) is 12.8 Å². The van der Waals surface area contributed by atoms with E-state index in [4.69, 9.17) is 5.73 Å². The van der Waals surface area contributed by atoms with Gasteiger partial charge in [0.1, 0.15) is 0 Å². The lowest BCUT2D eigenvalue weighted by Crippen LogP contribution is -2.10. The summed E-state index contributed by atoms with van der Waals surface area (Å²) in [5.74, 6) is 0.276. The monoisotopic (exact) mass is 241 g/mol. The second-order valence-electron chi connectivity index (χ2n) is 4.06. The number of nitrogens with two attached hydrogens (primary N) is 1. The number of fused-ring (bicyclic) bond motifs is 1. The summed E-state index contributed by atoms with van der Waals surface area (Å²) >= 11 is 0. The van der Waals surface area contributed by atoms with Crippen LogP contribution in [0.3, 0.4) is 0 Å². The lowest BCUT2D eigenvalue weighted by molar-refractivity contribution is 0.100. The van der Waals surface area contributed by atoms with E-state index in [9.17, 15) is 4.79 Å². The molecule has 90 valence electrons. The average Bonchev–Trinajstić information content (AvgIpc) is 2.93. The fourth-order valence-electron chi connectivity index (χ4n) is 1.81. The van der Waals surface area contributed by atoms with Crippen molar-refractivity contribution in [2.45, 2.75) is 0 Å². The molecule has 0 atom stereocenters. The second kappa shape index (κ2) is 3.69. The molecule has 1 aromatic carbocycles. The summed E-state index contributed by atoms with van der Waals surface area (Å²) in [7, 11) is 1.85. The van der Waals surface area contributed by atoms with Crippen LogP contribution in [0.25, 0.3) is 16.7 Å². The number of benzene rings is 1. The normalized spacial score (nSPS) is 10.9. The van der Waals surface area contributed by atoms with E-state index in [0.717, 1.165) is 16.7 Å². The molecule has 0 aliphatic carbocycles. The second-order valence-corrected chi connectivity index (χ2v) is 4.06. The average molecular weight is 241 g/mol. The molecule has 0 spiro atoms. The zero-order chi connectivity index (χ0) is 12.7. The summed E-state index contributed by atoms with van der Waals surface area (Å²) in [5.41, 5.74) is 6.41. The molecule has 0 aliphatic heterocycles. The first-order valence-electron chi connectivity index (χ1n) is 5.43. The van der Waals surface area contributed by atoms with Crippen molar-refractivity contribution in [2.75, 3.05) is 0 Å². The van der Waals surface area contributed by atoms with Gasteiger partial charge in [0.2, 0.25) is 5.91 Å². The van der Waals surface area contributed by atoms with Gasteiger partial charge in [0.25, 0.3) is 0 Å². The quantitative estimate of drug-likeness (QED) is 0.722. The lowest BCUT2D eigenvalue weighted by atomic mass is 10.1. The Hall–Kier alpha value is -2.63. The predicted molar refractivity (Wildman–Crippen MR) is 66.4 cm³/mol. The van der Waals surface area contributed by atoms with Gasteiger partial charge in [-0.1, -0.05) is 6.07 Å². The minimum absolute atomic E-state index is 0.453. The minimum Gasteiger partial charge on any atom is -0.366 e. The highest BCUT2D eigenvalue weighted by atomic mass is 16.1. The van der Waals surface area contributed by atoms with Crippen molar-refractivity contribution >= 4 is 16.8 Å². The number of carbonyl (C=O) groups is 1. The Morgan fingerprint density at radius 2 is 2.11 bits per heavy atom. The topological polar surface area (TPSA) is 78.7 Å². The standard InChI is InChI=1S/C12H11N5O/c1-16-5-4-11(15-16)17-7-9-3-2-8(12(13)18)6-10(9)14-17/h2-7H,1H3,(H2,13,18). The van der Waals surface area contributed by atoms with Crippen molar-refractivity contribution in [3.05, 3.63) is 42.2 Å². The molecule has 0 saturated heterocycles. The van der Waals surface area contributed by atoms with Crippen molar-refractivity contribution in [3.8, 4) is 5.82 Å². The highest BCUT2D eigenvalue weighted by Gasteiger charge is 2.07. The summed E-state index contributed by atoms with van der Waals surface area (Å²) < 4.78 is 3.38. The van der Waals surface area contributed by atoms with E-state index in [1.807, 2.05) is 31.6 Å². The van der Waals surface area contributed by atoms with Crippen LogP contribution in [0, 0.1) is 0 Å². The summed E-state index contributed by atoms with van der Waals surface area (Å²) in [6, 6.07) is 7.05. The van der Waals surface area contributed by atoms with Crippen LogP contribution in [-0.2, 0) is 7.05 Å². The van der Waals surface area contributed by atoms with Crippen LogP contribution in [0.2, 0.25) is 0 Å². The van der Waals surface area contributed by atoms with Gasteiger partial charge in [0.05, 0.1) is 5.52 Å². The SMILES string of the molecule is Cn1ccc(-n2cc3ccc(C(N)=O)cc3n2)n1. The van der Waals surface area contributed by atoms with Gasteiger partial charge in [-0.3, -0.25) is 9.48 Å². The molecule has 6 heteroatoms. The first-order valence-corrected chi connectivity index (χ1v) is 5.43. The maximum Gasteiger partial charge on any atom is 0.248 e. The Morgan fingerprint density at radius 1 is 1.28 bits per heavy atom. The van der Waals surface area contributed by atoms with E-state index in [0.29, 0.717) is 5.56 Å². The van der Waals surface area contributed by atoms with Gasteiger partial charge >= 0.3 is 0 Å². The first kappa shape index (κ1) is 10.5. The van der Waals surface area contributed by atoms with Gasteiger partial charge in [-0.2, -0.15) is 10.2 Å². The van der Waals surface area contributed by atoms with Crippen LogP contribution in [-0.4, -0.2) is 25.5 Å². The van der Waals surface area contributed by atoms with Gasteiger partial charge < -0.3 is 5.73 Å². The summed E-state index contributed by atoms with van der Waals surface area (Å²) in [6.45, 7) is 0. The number of amides is 1. The summed E-state index contributed by atoms with van der Waals surface area (Å²) in [6.07, 6.45) is 3.71. The van der Waals surface area contributed by atoms with Crippen LogP contribution < -0.4 is 5.73 Å². The van der Waals surface area contributed by atoms with Crippen LogP contribution in [0.5, 0.6) is 0 Å². The number of hydrogen-bond acceptors (Lipinski definition) is 3. The molecule has 0 aliphatic rings. The molecule has 0 saturated carbocycles. The lowest BCUT2D eigenvalue weighted by Gasteiger charge is -1.93. The highest BCUT2D eigenvalue weighted by Crippen LogP contribution is 2.16. The smallest absolute Gasteiger partial charge is 0.248 e. The molecule has 0 bridgehead atoms. The molecule has 2 heterocycles. The highest BCUT2D eigenvalue weighted by molar-refractivity contribution is 5.96. The number of rotatable bonds is 2. The van der Waals surface area contributed by atoms with Crippen LogP contribution in [0.1, 0.15) is 10.4 Å². The summed E-state index contributed by atoms with van der Waals surface area (Å²) in [5, 5.41) is 9.57. The molecule has 6 nitrogen and oxygen atoms in total. The number of aromatic nitrogens is 4. The van der Waals surface area contributed by atoms with Crippen LogP contribution >= 0.6 is 0 Å². The van der Waals surface area contributed by atoms with Gasteiger partial charge in [0.15, 0.2) is 5.82 Å². The molecule has 3 aromatic rings. The Morgan fingerprint density at radius 3 is 2.78 bits per heavy atom. The van der Waals surface area contributed by atoms with Crippen LogP contribution in [0.15, 0.2) is 36.7 Å². The van der Waals surface area contributed by atoms with Crippen LogP contribution in [0.4, 0.5) is 0 Å². The van der Waals surface area contributed by atoms with Gasteiger partial charge in [-0.05, 0) is 12.1 Å². The number of carbonyl (C=O) groups excluding carboxylic acids is 1. The number of primary amides is 1. The molecule has 18 heavy (non-hydrogen) atoms. The van der Waals surface area contributed by atoms with E-state index in [2.05, 4.69) is 10.2 Å². The Kier molecular flexibility index (Phi) is 2.16. The van der Waals surface area contributed by atoms with Gasteiger partial charge in [0, 0.05) is 36.5 Å².